The smallest absolute Gasteiger partial charge is 0.258 e. The molecule has 0 spiro atoms. The lowest BCUT2D eigenvalue weighted by Gasteiger charge is -2.26. The molecule has 41 heavy (non-hydrogen) atoms. The summed E-state index contributed by atoms with van der Waals surface area (Å²) in [6.07, 6.45) is 0.788. The van der Waals surface area contributed by atoms with E-state index in [1.54, 1.807) is 11.9 Å². The fraction of sp³-hybridized carbons (Fsp3) is 0.323. The van der Waals surface area contributed by atoms with Crippen molar-refractivity contribution in [2.24, 2.45) is 0 Å². The molecule has 10 nitrogen and oxygen atoms in total. The van der Waals surface area contributed by atoms with Crippen LogP contribution in [0, 0.1) is 0 Å². The summed E-state index contributed by atoms with van der Waals surface area (Å²) in [6, 6.07) is 17.5. The summed E-state index contributed by atoms with van der Waals surface area (Å²) in [5.41, 5.74) is 2.74. The molecular formula is C31H34N4O6. The summed E-state index contributed by atoms with van der Waals surface area (Å²) in [7, 11) is 1.62. The van der Waals surface area contributed by atoms with Crippen LogP contribution in [0.1, 0.15) is 43.8 Å². The number of carbonyl (C=O) groups is 3. The Labute approximate surface area is 238 Å². The monoisotopic (exact) mass is 558 g/mol. The number of phenolic OH excluding ortho intramolecular Hbond substituents is 2. The first-order chi connectivity index (χ1) is 19.8. The van der Waals surface area contributed by atoms with Gasteiger partial charge in [-0.15, -0.1) is 0 Å². The van der Waals surface area contributed by atoms with Crippen LogP contribution in [0.5, 0.6) is 17.2 Å². The predicted octanol–water partition coefficient (Wildman–Crippen LogP) is 2.73. The third-order valence-corrected chi connectivity index (χ3v) is 7.38. The van der Waals surface area contributed by atoms with Crippen molar-refractivity contribution >= 4 is 17.7 Å². The van der Waals surface area contributed by atoms with Crippen molar-refractivity contribution in [3.8, 4) is 17.2 Å². The highest BCUT2D eigenvalue weighted by Gasteiger charge is 2.29. The van der Waals surface area contributed by atoms with Gasteiger partial charge in [0.25, 0.3) is 11.8 Å². The Morgan fingerprint density at radius 3 is 2.49 bits per heavy atom. The first-order valence-corrected chi connectivity index (χ1v) is 13.7. The molecule has 5 rings (SSSR count). The SMILES string of the molecule is CN(Cc1ccccc1)C(=O)c1cc(C(=O)N2Cc3ccc(OCCCN4CCNC(=O)C4)cc3C2)c(O)cc1O. The first-order valence-electron chi connectivity index (χ1n) is 13.7. The third-order valence-electron chi connectivity index (χ3n) is 7.38. The van der Waals surface area contributed by atoms with Crippen molar-refractivity contribution in [2.45, 2.75) is 26.1 Å². The van der Waals surface area contributed by atoms with Gasteiger partial charge in [0.05, 0.1) is 24.3 Å². The van der Waals surface area contributed by atoms with E-state index in [-0.39, 0.29) is 28.5 Å². The minimum absolute atomic E-state index is 0.0464. The summed E-state index contributed by atoms with van der Waals surface area (Å²) < 4.78 is 5.93. The zero-order valence-corrected chi connectivity index (χ0v) is 23.0. The van der Waals surface area contributed by atoms with Crippen LogP contribution in [-0.4, -0.2) is 82.5 Å². The lowest BCUT2D eigenvalue weighted by atomic mass is 10.1. The molecule has 3 aromatic carbocycles. The number of ether oxygens (including phenoxy) is 1. The molecular weight excluding hydrogens is 524 g/mol. The zero-order chi connectivity index (χ0) is 28.9. The van der Waals surface area contributed by atoms with Crippen molar-refractivity contribution in [1.29, 1.82) is 0 Å². The maximum atomic E-state index is 13.4. The second-order valence-corrected chi connectivity index (χ2v) is 10.5. The summed E-state index contributed by atoms with van der Waals surface area (Å²) in [4.78, 5) is 43.2. The van der Waals surface area contributed by atoms with Gasteiger partial charge in [-0.25, -0.2) is 0 Å². The highest BCUT2D eigenvalue weighted by molar-refractivity contribution is 6.03. The second kappa shape index (κ2) is 12.3. The molecule has 0 aliphatic carbocycles. The van der Waals surface area contributed by atoms with Crippen LogP contribution in [-0.2, 0) is 24.4 Å². The average molecular weight is 559 g/mol. The van der Waals surface area contributed by atoms with Crippen LogP contribution < -0.4 is 10.1 Å². The lowest BCUT2D eigenvalue weighted by Crippen LogP contribution is -2.47. The zero-order valence-electron chi connectivity index (χ0n) is 23.0. The number of hydrogen-bond donors (Lipinski definition) is 3. The number of benzene rings is 3. The Morgan fingerprint density at radius 2 is 1.71 bits per heavy atom. The summed E-state index contributed by atoms with van der Waals surface area (Å²) in [6.45, 7) is 4.22. The van der Waals surface area contributed by atoms with Gasteiger partial charge in [0.1, 0.15) is 17.2 Å². The lowest BCUT2D eigenvalue weighted by molar-refractivity contribution is -0.124. The maximum absolute atomic E-state index is 13.4. The fourth-order valence-corrected chi connectivity index (χ4v) is 5.19. The number of fused-ring (bicyclic) bond motifs is 1. The second-order valence-electron chi connectivity index (χ2n) is 10.5. The van der Waals surface area contributed by atoms with Gasteiger partial charge in [-0.3, -0.25) is 19.3 Å². The van der Waals surface area contributed by atoms with Crippen LogP contribution in [0.2, 0.25) is 0 Å². The van der Waals surface area contributed by atoms with Gasteiger partial charge in [-0.05, 0) is 41.3 Å². The molecule has 3 N–H and O–H groups in total. The molecule has 1 fully saturated rings. The number of rotatable bonds is 9. The van der Waals surface area contributed by atoms with Gasteiger partial charge in [0.2, 0.25) is 5.91 Å². The number of carbonyl (C=O) groups excluding carboxylic acids is 3. The van der Waals surface area contributed by atoms with Crippen LogP contribution in [0.4, 0.5) is 0 Å². The molecule has 0 bridgehead atoms. The van der Waals surface area contributed by atoms with E-state index in [0.29, 0.717) is 45.1 Å². The molecule has 1 saturated heterocycles. The topological polar surface area (TPSA) is 123 Å². The maximum Gasteiger partial charge on any atom is 0.258 e. The average Bonchev–Trinajstić information content (AvgIpc) is 3.39. The standard InChI is InChI=1S/C31H34N4O6/c1-33(17-21-6-3-2-4-7-21)30(39)25-15-26(28(37)16-27(25)36)31(40)35-18-22-8-9-24(14-23(22)19-35)41-13-5-11-34-12-10-32-29(38)20-34/h2-4,6-9,14-16,36-37H,5,10-13,17-20H2,1H3,(H,32,38). The van der Waals surface area contributed by atoms with Crippen LogP contribution >= 0.6 is 0 Å². The minimum atomic E-state index is -0.463. The molecule has 2 heterocycles. The van der Waals surface area contributed by atoms with E-state index in [1.165, 1.54) is 11.0 Å². The highest BCUT2D eigenvalue weighted by atomic mass is 16.5. The van der Waals surface area contributed by atoms with Gasteiger partial charge >= 0.3 is 0 Å². The number of amides is 3. The van der Waals surface area contributed by atoms with E-state index in [9.17, 15) is 24.6 Å². The third kappa shape index (κ3) is 6.60. The molecule has 0 aromatic heterocycles. The van der Waals surface area contributed by atoms with Gasteiger partial charge in [-0.2, -0.15) is 0 Å². The van der Waals surface area contributed by atoms with E-state index in [2.05, 4.69) is 10.2 Å². The van der Waals surface area contributed by atoms with Crippen LogP contribution in [0.25, 0.3) is 0 Å². The van der Waals surface area contributed by atoms with E-state index in [0.717, 1.165) is 42.3 Å². The minimum Gasteiger partial charge on any atom is -0.507 e. The molecule has 2 aliphatic rings. The fourth-order valence-electron chi connectivity index (χ4n) is 5.19. The number of aromatic hydroxyl groups is 2. The Hall–Kier alpha value is -4.57. The predicted molar refractivity (Wildman–Crippen MR) is 152 cm³/mol. The van der Waals surface area contributed by atoms with Gasteiger partial charge in [0, 0.05) is 52.4 Å². The molecule has 0 saturated carbocycles. The van der Waals surface area contributed by atoms with Gasteiger partial charge < -0.3 is 30.1 Å². The number of hydrogen-bond acceptors (Lipinski definition) is 7. The highest BCUT2D eigenvalue weighted by Crippen LogP contribution is 2.33. The number of phenols is 2. The molecule has 214 valence electrons. The van der Waals surface area contributed by atoms with E-state index in [4.69, 9.17) is 4.74 Å². The summed E-state index contributed by atoms with van der Waals surface area (Å²) >= 11 is 0. The number of nitrogens with one attached hydrogen (secondary N) is 1. The largest absolute Gasteiger partial charge is 0.507 e. The van der Waals surface area contributed by atoms with Crippen molar-refractivity contribution in [3.63, 3.8) is 0 Å². The molecule has 10 heteroatoms. The van der Waals surface area contributed by atoms with Crippen molar-refractivity contribution in [3.05, 3.63) is 88.5 Å². The van der Waals surface area contributed by atoms with Crippen molar-refractivity contribution in [1.82, 2.24) is 20.0 Å². The van der Waals surface area contributed by atoms with Crippen LogP contribution in [0.3, 0.4) is 0 Å². The van der Waals surface area contributed by atoms with E-state index in [1.807, 2.05) is 48.5 Å². The van der Waals surface area contributed by atoms with Gasteiger partial charge in [-0.1, -0.05) is 36.4 Å². The molecule has 0 atom stereocenters. The quantitative estimate of drug-likeness (QED) is 0.345. The molecule has 2 aliphatic heterocycles. The summed E-state index contributed by atoms with van der Waals surface area (Å²) in [5.74, 6) is -0.924. The van der Waals surface area contributed by atoms with Crippen molar-refractivity contribution in [2.75, 3.05) is 39.8 Å². The number of piperazine rings is 1. The van der Waals surface area contributed by atoms with Gasteiger partial charge in [0.15, 0.2) is 0 Å². The Balaban J connectivity index is 1.21. The molecule has 3 aromatic rings. The van der Waals surface area contributed by atoms with Crippen LogP contribution in [0.15, 0.2) is 60.7 Å². The molecule has 3 amide bonds. The molecule has 0 radical (unpaired) electrons. The van der Waals surface area contributed by atoms with E-state index < -0.39 is 11.8 Å². The normalized spacial score (nSPS) is 14.9. The Kier molecular flexibility index (Phi) is 8.39. The summed E-state index contributed by atoms with van der Waals surface area (Å²) in [5, 5.41) is 23.8. The Bertz CT molecular complexity index is 1440. The molecule has 0 unspecified atom stereocenters. The van der Waals surface area contributed by atoms with Crippen molar-refractivity contribution < 1.29 is 29.3 Å². The first kappa shape index (κ1) is 28.0. The number of nitrogens with zero attached hydrogens (tertiary/aromatic N) is 3. The Morgan fingerprint density at radius 1 is 0.951 bits per heavy atom. The van der Waals surface area contributed by atoms with E-state index >= 15 is 0 Å².